The van der Waals surface area contributed by atoms with Crippen molar-refractivity contribution in [3.63, 3.8) is 0 Å². The maximum atomic E-state index is 13.1. The van der Waals surface area contributed by atoms with Crippen molar-refractivity contribution in [2.24, 2.45) is 17.6 Å². The molecule has 3 N–H and O–H groups in total. The second-order valence-corrected chi connectivity index (χ2v) is 9.83. The van der Waals surface area contributed by atoms with Gasteiger partial charge in [-0.1, -0.05) is 0 Å². The minimum atomic E-state index is -0.756. The lowest BCUT2D eigenvalue weighted by molar-refractivity contribution is -0.140. The Hall–Kier alpha value is -2.39. The van der Waals surface area contributed by atoms with Gasteiger partial charge in [-0.3, -0.25) is 24.0 Å². The van der Waals surface area contributed by atoms with Crippen LogP contribution >= 0.6 is 23.2 Å². The number of amides is 3. The van der Waals surface area contributed by atoms with Gasteiger partial charge in [0.25, 0.3) is 5.91 Å². The normalized spacial score (nSPS) is 28.3. The number of carbonyl (C=O) groups excluding carboxylic acids is 3. The number of carbonyl (C=O) groups is 3. The number of rotatable bonds is 6. The summed E-state index contributed by atoms with van der Waals surface area (Å²) in [4.78, 5) is 43.3. The monoisotopic (exact) mass is 450 g/mol. The van der Waals surface area contributed by atoms with Gasteiger partial charge in [0.15, 0.2) is 5.69 Å². The van der Waals surface area contributed by atoms with Crippen LogP contribution in [0.4, 0.5) is 0 Å². The van der Waals surface area contributed by atoms with E-state index in [0.29, 0.717) is 36.2 Å². The molecule has 3 heterocycles. The molecule has 158 valence electrons. The highest BCUT2D eigenvalue weighted by molar-refractivity contribution is 6.50. The van der Waals surface area contributed by atoms with Gasteiger partial charge in [0.1, 0.15) is 16.9 Å². The molecular formula is C19H20Cl2N6O3. The molecule has 2 aromatic heterocycles. The predicted octanol–water partition coefficient (Wildman–Crippen LogP) is 0.830. The summed E-state index contributed by atoms with van der Waals surface area (Å²) in [5, 5.41) is 7.64. The van der Waals surface area contributed by atoms with E-state index in [9.17, 15) is 14.4 Å². The highest BCUT2D eigenvalue weighted by atomic mass is 35.5. The number of hydrogen-bond donors (Lipinski definition) is 2. The van der Waals surface area contributed by atoms with Crippen molar-refractivity contribution >= 4 is 51.8 Å². The van der Waals surface area contributed by atoms with Crippen molar-refractivity contribution in [3.05, 3.63) is 24.2 Å². The first-order valence-electron chi connectivity index (χ1n) is 9.83. The number of alkyl halides is 2. The smallest absolute Gasteiger partial charge is 0.269 e. The molecular weight excluding hydrogens is 431 g/mol. The first-order chi connectivity index (χ1) is 14.3. The number of likely N-dealkylation sites (tertiary alicyclic amines) is 1. The predicted molar refractivity (Wildman–Crippen MR) is 109 cm³/mol. The molecule has 30 heavy (non-hydrogen) atoms. The molecule has 0 bridgehead atoms. The van der Waals surface area contributed by atoms with Crippen LogP contribution in [-0.4, -0.2) is 60.3 Å². The van der Waals surface area contributed by atoms with Crippen LogP contribution in [0.25, 0.3) is 10.9 Å². The van der Waals surface area contributed by atoms with E-state index in [-0.39, 0.29) is 36.0 Å². The number of aromatic nitrogens is 3. The van der Waals surface area contributed by atoms with Crippen molar-refractivity contribution in [1.82, 2.24) is 25.0 Å². The average Bonchev–Trinajstić information content (AvgIpc) is 3.49. The van der Waals surface area contributed by atoms with E-state index < -0.39 is 16.3 Å². The van der Waals surface area contributed by atoms with Gasteiger partial charge in [-0.15, -0.1) is 23.2 Å². The molecule has 0 radical (unpaired) electrons. The fraction of sp³-hybridized carbons (Fsp3) is 0.526. The lowest BCUT2D eigenvalue weighted by Crippen LogP contribution is -2.49. The zero-order valence-corrected chi connectivity index (χ0v) is 17.4. The van der Waals surface area contributed by atoms with Crippen molar-refractivity contribution in [2.45, 2.75) is 42.2 Å². The summed E-state index contributed by atoms with van der Waals surface area (Å²) >= 11 is 12.0. The average molecular weight is 451 g/mol. The quantitative estimate of drug-likeness (QED) is 0.630. The molecule has 0 spiro atoms. The first-order valence-corrected chi connectivity index (χ1v) is 10.6. The van der Waals surface area contributed by atoms with Gasteiger partial charge < -0.3 is 16.0 Å². The Labute approximate surface area is 181 Å². The fourth-order valence-corrected chi connectivity index (χ4v) is 4.94. The third kappa shape index (κ3) is 3.30. The van der Waals surface area contributed by atoms with E-state index in [0.717, 1.165) is 6.42 Å². The Morgan fingerprint density at radius 1 is 1.30 bits per heavy atom. The van der Waals surface area contributed by atoms with Gasteiger partial charge in [0.05, 0.1) is 11.7 Å². The van der Waals surface area contributed by atoms with Crippen LogP contribution in [0.3, 0.4) is 0 Å². The van der Waals surface area contributed by atoms with Crippen LogP contribution in [0, 0.1) is 11.8 Å². The Bertz CT molecular complexity index is 1070. The lowest BCUT2D eigenvalue weighted by Gasteiger charge is -2.27. The van der Waals surface area contributed by atoms with E-state index in [1.165, 1.54) is 17.1 Å². The molecule has 2 saturated carbocycles. The van der Waals surface area contributed by atoms with Crippen LogP contribution in [0.15, 0.2) is 18.5 Å². The number of fused-ring (bicyclic) bond motifs is 2. The molecule has 5 rings (SSSR count). The summed E-state index contributed by atoms with van der Waals surface area (Å²) in [5.41, 5.74) is 6.05. The second kappa shape index (κ2) is 6.81. The maximum absolute atomic E-state index is 13.1. The highest BCUT2D eigenvalue weighted by Crippen LogP contribution is 2.53. The van der Waals surface area contributed by atoms with Gasteiger partial charge in [0.2, 0.25) is 11.8 Å². The van der Waals surface area contributed by atoms with E-state index in [1.807, 2.05) is 0 Å². The first kappa shape index (κ1) is 19.6. The van der Waals surface area contributed by atoms with Gasteiger partial charge in [-0.2, -0.15) is 5.10 Å². The number of piperidine rings is 1. The number of hydrogen-bond acceptors (Lipinski definition) is 5. The molecule has 3 fully saturated rings. The molecule has 3 amide bonds. The van der Waals surface area contributed by atoms with E-state index in [2.05, 4.69) is 15.4 Å². The van der Waals surface area contributed by atoms with Crippen LogP contribution in [0.2, 0.25) is 0 Å². The van der Waals surface area contributed by atoms with Crippen LogP contribution in [0.1, 0.15) is 29.8 Å². The van der Waals surface area contributed by atoms with E-state index in [4.69, 9.17) is 28.9 Å². The second-order valence-electron chi connectivity index (χ2n) is 8.29. The van der Waals surface area contributed by atoms with Crippen molar-refractivity contribution in [2.75, 3.05) is 6.54 Å². The largest absolute Gasteiger partial charge is 0.364 e. The number of primary amides is 1. The van der Waals surface area contributed by atoms with Crippen LogP contribution in [-0.2, 0) is 16.1 Å². The Morgan fingerprint density at radius 2 is 2.07 bits per heavy atom. The summed E-state index contributed by atoms with van der Waals surface area (Å²) in [6.45, 7) is 0.300. The van der Waals surface area contributed by atoms with Gasteiger partial charge in [-0.25, -0.2) is 0 Å². The number of pyridine rings is 1. The molecule has 4 atom stereocenters. The number of nitrogens with zero attached hydrogens (tertiary/aromatic N) is 4. The summed E-state index contributed by atoms with van der Waals surface area (Å²) < 4.78 is 0.670. The van der Waals surface area contributed by atoms with Gasteiger partial charge in [0, 0.05) is 30.1 Å². The molecule has 0 unspecified atom stereocenters. The highest BCUT2D eigenvalue weighted by Gasteiger charge is 2.56. The standard InChI is InChI=1S/C19H20Cl2N6O3/c20-19(21)5-10(19)6-24-18(30)13-4-9-3-12(9)27(13)15(28)8-26-14-7-23-2-1-11(14)16(25-26)17(22)29/h1-2,7,9-10,12-13H,3-6,8H2,(H2,22,29)(H,24,30)/t9-,10-,12-,13+/m1/s1. The molecule has 3 aliphatic rings. The summed E-state index contributed by atoms with van der Waals surface area (Å²) in [7, 11) is 0. The third-order valence-electron chi connectivity index (χ3n) is 6.25. The lowest BCUT2D eigenvalue weighted by atomic mass is 10.1. The third-order valence-corrected chi connectivity index (χ3v) is 7.17. The Kier molecular flexibility index (Phi) is 4.44. The van der Waals surface area contributed by atoms with Gasteiger partial charge in [-0.05, 0) is 31.2 Å². The van der Waals surface area contributed by atoms with Crippen LogP contribution in [0.5, 0.6) is 0 Å². The minimum Gasteiger partial charge on any atom is -0.364 e. The molecule has 9 nitrogen and oxygen atoms in total. The summed E-state index contributed by atoms with van der Waals surface area (Å²) in [6.07, 6.45) is 5.27. The summed E-state index contributed by atoms with van der Waals surface area (Å²) in [6, 6.07) is 1.19. The zero-order chi connectivity index (χ0) is 21.2. The Balaban J connectivity index is 1.32. The minimum absolute atomic E-state index is 0.0417. The number of nitrogens with one attached hydrogen (secondary N) is 1. The fourth-order valence-electron chi connectivity index (χ4n) is 4.41. The van der Waals surface area contributed by atoms with Crippen molar-refractivity contribution in [3.8, 4) is 0 Å². The number of halogens is 2. The Morgan fingerprint density at radius 3 is 2.77 bits per heavy atom. The molecule has 2 aromatic rings. The number of nitrogens with two attached hydrogens (primary N) is 1. The maximum Gasteiger partial charge on any atom is 0.269 e. The van der Waals surface area contributed by atoms with Crippen molar-refractivity contribution in [1.29, 1.82) is 0 Å². The molecule has 2 aliphatic carbocycles. The molecule has 1 aliphatic heterocycles. The summed E-state index contributed by atoms with van der Waals surface area (Å²) in [5.74, 6) is -0.688. The van der Waals surface area contributed by atoms with E-state index >= 15 is 0 Å². The zero-order valence-electron chi connectivity index (χ0n) is 15.9. The molecule has 0 aromatic carbocycles. The molecule has 11 heteroatoms. The van der Waals surface area contributed by atoms with E-state index in [1.54, 1.807) is 11.0 Å². The SMILES string of the molecule is NC(=O)c1nn(CC(=O)N2[C@@H]3C[C@@H]3C[C@H]2C(=O)NC[C@H]2CC2(Cl)Cl)c2cnccc12. The molecule has 1 saturated heterocycles. The van der Waals surface area contributed by atoms with Crippen molar-refractivity contribution < 1.29 is 14.4 Å². The van der Waals surface area contributed by atoms with Gasteiger partial charge >= 0.3 is 0 Å². The topological polar surface area (TPSA) is 123 Å². The van der Waals surface area contributed by atoms with Crippen LogP contribution < -0.4 is 11.1 Å².